The number of carboxylic acid groups (broad SMARTS) is 2. The van der Waals surface area contributed by atoms with Gasteiger partial charge in [-0.2, -0.15) is 0 Å². The summed E-state index contributed by atoms with van der Waals surface area (Å²) in [5.41, 5.74) is 1.65. The van der Waals surface area contributed by atoms with Crippen molar-refractivity contribution in [1.29, 1.82) is 0 Å². The third-order valence-electron chi connectivity index (χ3n) is 3.05. The lowest BCUT2D eigenvalue weighted by Crippen LogP contribution is -2.31. The first-order chi connectivity index (χ1) is 10.1. The molecule has 0 bridgehead atoms. The molecule has 0 heterocycles. The normalized spacial score (nSPS) is 11.6. The molecule has 1 atom stereocenters. The number of carboxylic acids is 2. The molecule has 2 aromatic carbocycles. The first kappa shape index (κ1) is 14.6. The fraction of sp³-hybridized carbons (Fsp3) is 0.125. The highest BCUT2D eigenvalue weighted by Crippen LogP contribution is 2.13. The van der Waals surface area contributed by atoms with Crippen LogP contribution in [0.25, 0.3) is 0 Å². The highest BCUT2D eigenvalue weighted by atomic mass is 16.4. The van der Waals surface area contributed by atoms with Gasteiger partial charge in [-0.1, -0.05) is 30.3 Å². The van der Waals surface area contributed by atoms with Crippen LogP contribution >= 0.6 is 0 Å². The second-order valence-corrected chi connectivity index (χ2v) is 4.61. The Hall–Kier alpha value is -2.82. The molecule has 0 saturated carbocycles. The Balaban J connectivity index is 2.09. The van der Waals surface area contributed by atoms with E-state index >= 15 is 0 Å². The molecule has 5 nitrogen and oxygen atoms in total. The lowest BCUT2D eigenvalue weighted by molar-refractivity contribution is -0.137. The van der Waals surface area contributed by atoms with Gasteiger partial charge in [-0.05, 0) is 29.8 Å². The van der Waals surface area contributed by atoms with E-state index in [4.69, 9.17) is 5.11 Å². The molecule has 0 spiro atoms. The molecule has 108 valence electrons. The zero-order chi connectivity index (χ0) is 15.2. The zero-order valence-electron chi connectivity index (χ0n) is 11.2. The molecule has 0 fully saturated rings. The molecule has 21 heavy (non-hydrogen) atoms. The molecule has 0 aliphatic rings. The van der Waals surface area contributed by atoms with Gasteiger partial charge in [0, 0.05) is 12.1 Å². The number of hydrogen-bond donors (Lipinski definition) is 3. The van der Waals surface area contributed by atoms with Crippen molar-refractivity contribution in [2.24, 2.45) is 0 Å². The van der Waals surface area contributed by atoms with Crippen LogP contribution in [0, 0.1) is 0 Å². The Kier molecular flexibility index (Phi) is 4.56. The molecule has 0 radical (unpaired) electrons. The van der Waals surface area contributed by atoms with Crippen molar-refractivity contribution in [3.63, 3.8) is 0 Å². The van der Waals surface area contributed by atoms with Gasteiger partial charge in [0.2, 0.25) is 0 Å². The molecule has 0 aromatic heterocycles. The van der Waals surface area contributed by atoms with E-state index in [2.05, 4.69) is 5.32 Å². The summed E-state index contributed by atoms with van der Waals surface area (Å²) in [7, 11) is 0. The molecule has 5 heteroatoms. The number of hydrogen-bond acceptors (Lipinski definition) is 3. The number of carbonyl (C=O) groups is 2. The quantitative estimate of drug-likeness (QED) is 0.759. The average molecular weight is 285 g/mol. The summed E-state index contributed by atoms with van der Waals surface area (Å²) in [6.07, 6.45) is 0.344. The maximum atomic E-state index is 11.3. The largest absolute Gasteiger partial charge is 0.480 e. The molecule has 0 amide bonds. The van der Waals surface area contributed by atoms with E-state index in [-0.39, 0.29) is 5.56 Å². The Morgan fingerprint density at radius 2 is 1.57 bits per heavy atom. The minimum atomic E-state index is -1.01. The first-order valence-corrected chi connectivity index (χ1v) is 6.43. The van der Waals surface area contributed by atoms with E-state index in [9.17, 15) is 14.7 Å². The molecule has 0 aliphatic carbocycles. The standard InChI is InChI=1S/C16H15NO4/c18-15(19)12-6-8-13(9-7-12)17-14(16(20)21)10-11-4-2-1-3-5-11/h1-9,14,17H,10H2,(H,18,19)(H,20,21). The lowest BCUT2D eigenvalue weighted by Gasteiger charge is -2.16. The van der Waals surface area contributed by atoms with Crippen LogP contribution in [0.1, 0.15) is 15.9 Å². The third kappa shape index (κ3) is 4.07. The van der Waals surface area contributed by atoms with Gasteiger partial charge in [-0.25, -0.2) is 9.59 Å². The maximum Gasteiger partial charge on any atom is 0.335 e. The molecule has 3 N–H and O–H groups in total. The summed E-state index contributed by atoms with van der Waals surface area (Å²) in [6, 6.07) is 14.5. The molecule has 0 saturated heterocycles. The van der Waals surface area contributed by atoms with Crippen molar-refractivity contribution < 1.29 is 19.8 Å². The van der Waals surface area contributed by atoms with E-state index in [0.717, 1.165) is 5.56 Å². The summed E-state index contributed by atoms with van der Waals surface area (Å²) in [5, 5.41) is 21.0. The van der Waals surface area contributed by atoms with E-state index in [0.29, 0.717) is 12.1 Å². The van der Waals surface area contributed by atoms with Gasteiger partial charge in [0.15, 0.2) is 0 Å². The Morgan fingerprint density at radius 1 is 0.952 bits per heavy atom. The summed E-state index contributed by atoms with van der Waals surface area (Å²) in [4.78, 5) is 22.1. The van der Waals surface area contributed by atoms with Gasteiger partial charge >= 0.3 is 11.9 Å². The lowest BCUT2D eigenvalue weighted by atomic mass is 10.1. The second-order valence-electron chi connectivity index (χ2n) is 4.61. The van der Waals surface area contributed by atoms with Crippen molar-refractivity contribution in [3.05, 3.63) is 65.7 Å². The van der Waals surface area contributed by atoms with Crippen LogP contribution in [0.5, 0.6) is 0 Å². The third-order valence-corrected chi connectivity index (χ3v) is 3.05. The zero-order valence-corrected chi connectivity index (χ0v) is 11.2. The van der Waals surface area contributed by atoms with Crippen LogP contribution in [-0.2, 0) is 11.2 Å². The molecule has 2 rings (SSSR count). The van der Waals surface area contributed by atoms with Gasteiger partial charge < -0.3 is 15.5 Å². The van der Waals surface area contributed by atoms with Crippen LogP contribution in [0.15, 0.2) is 54.6 Å². The van der Waals surface area contributed by atoms with Crippen molar-refractivity contribution in [2.45, 2.75) is 12.5 Å². The monoisotopic (exact) mass is 285 g/mol. The van der Waals surface area contributed by atoms with E-state index in [1.807, 2.05) is 30.3 Å². The Bertz CT molecular complexity index is 622. The Morgan fingerprint density at radius 3 is 2.10 bits per heavy atom. The minimum Gasteiger partial charge on any atom is -0.480 e. The van der Waals surface area contributed by atoms with Crippen LogP contribution in [-0.4, -0.2) is 28.2 Å². The summed E-state index contributed by atoms with van der Waals surface area (Å²) in [6.45, 7) is 0. The minimum absolute atomic E-state index is 0.162. The highest BCUT2D eigenvalue weighted by molar-refractivity contribution is 5.88. The summed E-state index contributed by atoms with van der Waals surface area (Å²) >= 11 is 0. The number of aromatic carboxylic acids is 1. The fourth-order valence-corrected chi connectivity index (χ4v) is 1.96. The number of nitrogens with one attached hydrogen (secondary N) is 1. The molecule has 1 unspecified atom stereocenters. The van der Waals surface area contributed by atoms with E-state index in [1.165, 1.54) is 12.1 Å². The van der Waals surface area contributed by atoms with Crippen molar-refractivity contribution in [1.82, 2.24) is 0 Å². The van der Waals surface area contributed by atoms with Crippen LogP contribution in [0.4, 0.5) is 5.69 Å². The average Bonchev–Trinajstić information content (AvgIpc) is 2.48. The van der Waals surface area contributed by atoms with Crippen LogP contribution in [0.2, 0.25) is 0 Å². The van der Waals surface area contributed by atoms with Crippen molar-refractivity contribution in [2.75, 3.05) is 5.32 Å². The Labute approximate surface area is 121 Å². The SMILES string of the molecule is O=C(O)c1ccc(NC(Cc2ccccc2)C(=O)O)cc1. The van der Waals surface area contributed by atoms with Crippen LogP contribution < -0.4 is 5.32 Å². The van der Waals surface area contributed by atoms with Gasteiger partial charge in [0.1, 0.15) is 6.04 Å². The van der Waals surface area contributed by atoms with Gasteiger partial charge in [-0.15, -0.1) is 0 Å². The number of aliphatic carboxylic acids is 1. The van der Waals surface area contributed by atoms with Crippen molar-refractivity contribution in [3.8, 4) is 0 Å². The second kappa shape index (κ2) is 6.56. The molecule has 2 aromatic rings. The predicted octanol–water partition coefficient (Wildman–Crippen LogP) is 2.49. The molecule has 0 aliphatic heterocycles. The summed E-state index contributed by atoms with van der Waals surface area (Å²) in [5.74, 6) is -1.97. The maximum absolute atomic E-state index is 11.3. The smallest absolute Gasteiger partial charge is 0.335 e. The first-order valence-electron chi connectivity index (χ1n) is 6.43. The van der Waals surface area contributed by atoms with Crippen LogP contribution in [0.3, 0.4) is 0 Å². The van der Waals surface area contributed by atoms with E-state index < -0.39 is 18.0 Å². The van der Waals surface area contributed by atoms with Crippen molar-refractivity contribution >= 4 is 17.6 Å². The topological polar surface area (TPSA) is 86.6 Å². The molecular formula is C16H15NO4. The fourth-order valence-electron chi connectivity index (χ4n) is 1.96. The predicted molar refractivity (Wildman–Crippen MR) is 78.6 cm³/mol. The number of anilines is 1. The summed E-state index contributed by atoms with van der Waals surface area (Å²) < 4.78 is 0. The highest BCUT2D eigenvalue weighted by Gasteiger charge is 2.17. The van der Waals surface area contributed by atoms with Gasteiger partial charge in [0.05, 0.1) is 5.56 Å². The molecular weight excluding hydrogens is 270 g/mol. The van der Waals surface area contributed by atoms with Gasteiger partial charge in [-0.3, -0.25) is 0 Å². The van der Waals surface area contributed by atoms with Gasteiger partial charge in [0.25, 0.3) is 0 Å². The number of benzene rings is 2. The van der Waals surface area contributed by atoms with E-state index in [1.54, 1.807) is 12.1 Å². The number of rotatable bonds is 6.